The van der Waals surface area contributed by atoms with Gasteiger partial charge in [0.05, 0.1) is 6.07 Å². The molecule has 0 aromatic carbocycles. The highest BCUT2D eigenvalue weighted by Crippen LogP contribution is 2.16. The van der Waals surface area contributed by atoms with Crippen molar-refractivity contribution < 1.29 is 5.21 Å². The summed E-state index contributed by atoms with van der Waals surface area (Å²) in [6, 6.07) is 2.00. The van der Waals surface area contributed by atoms with Gasteiger partial charge in [-0.15, -0.1) is 0 Å². The molecule has 0 unspecified atom stereocenters. The first-order chi connectivity index (χ1) is 6.11. The number of aromatic nitrogens is 3. The van der Waals surface area contributed by atoms with Crippen molar-refractivity contribution in [3.05, 3.63) is 12.7 Å². The van der Waals surface area contributed by atoms with Gasteiger partial charge in [-0.1, -0.05) is 5.16 Å². The molecule has 0 amide bonds. The van der Waals surface area contributed by atoms with Gasteiger partial charge in [0.1, 0.15) is 18.1 Å². The van der Waals surface area contributed by atoms with Crippen LogP contribution in [0.5, 0.6) is 0 Å². The molecule has 0 aliphatic rings. The monoisotopic (exact) mass is 179 g/mol. The molecule has 0 saturated carbocycles. The van der Waals surface area contributed by atoms with E-state index in [4.69, 9.17) is 10.5 Å². The third kappa shape index (κ3) is 1.64. The second-order valence-corrected chi connectivity index (χ2v) is 3.00. The van der Waals surface area contributed by atoms with E-state index in [1.54, 1.807) is 13.8 Å². The van der Waals surface area contributed by atoms with E-state index in [0.29, 0.717) is 0 Å². The zero-order valence-corrected chi connectivity index (χ0v) is 7.34. The Hall–Kier alpha value is -1.90. The number of oxime groups is 1. The van der Waals surface area contributed by atoms with E-state index in [2.05, 4.69) is 15.2 Å². The summed E-state index contributed by atoms with van der Waals surface area (Å²) in [6.45, 7) is 3.26. The molecule has 0 aliphatic heterocycles. The van der Waals surface area contributed by atoms with Crippen LogP contribution in [-0.4, -0.2) is 25.8 Å². The maximum Gasteiger partial charge on any atom is 0.190 e. The van der Waals surface area contributed by atoms with Crippen LogP contribution in [0.4, 0.5) is 0 Å². The first-order valence-corrected chi connectivity index (χ1v) is 3.60. The second-order valence-electron chi connectivity index (χ2n) is 3.00. The van der Waals surface area contributed by atoms with Crippen molar-refractivity contribution in [2.45, 2.75) is 13.8 Å². The van der Waals surface area contributed by atoms with Crippen LogP contribution >= 0.6 is 0 Å². The van der Waals surface area contributed by atoms with E-state index in [1.807, 2.05) is 6.07 Å². The molecule has 13 heavy (non-hydrogen) atoms. The Kier molecular flexibility index (Phi) is 2.28. The summed E-state index contributed by atoms with van der Waals surface area (Å²) in [4.78, 5) is 3.69. The Labute approximate surface area is 75.1 Å². The van der Waals surface area contributed by atoms with Gasteiger partial charge in [0, 0.05) is 0 Å². The zero-order valence-electron chi connectivity index (χ0n) is 7.34. The van der Waals surface area contributed by atoms with Crippen LogP contribution in [0.2, 0.25) is 0 Å². The van der Waals surface area contributed by atoms with Crippen LogP contribution in [0.1, 0.15) is 13.8 Å². The topological polar surface area (TPSA) is 87.1 Å². The lowest BCUT2D eigenvalue weighted by molar-refractivity contribution is 0.309. The van der Waals surface area contributed by atoms with Crippen molar-refractivity contribution in [2.75, 3.05) is 0 Å². The maximum atomic E-state index is 8.79. The number of hydrogen-bond acceptors (Lipinski definition) is 5. The number of rotatable bonds is 1. The quantitative estimate of drug-likeness (QED) is 0.293. The average molecular weight is 179 g/mol. The van der Waals surface area contributed by atoms with Crippen molar-refractivity contribution >= 4 is 5.84 Å². The molecule has 1 N–H and O–H groups in total. The smallest absolute Gasteiger partial charge is 0.190 e. The summed E-state index contributed by atoms with van der Waals surface area (Å²) in [5.74, 6) is 0.146. The lowest BCUT2D eigenvalue weighted by Gasteiger charge is -2.15. The predicted octanol–water partition coefficient (Wildman–Crippen LogP) is 0.464. The molecule has 0 fully saturated rings. The lowest BCUT2D eigenvalue weighted by atomic mass is 9.94. The molecular formula is C7H9N5O. The normalized spacial score (nSPS) is 12.5. The van der Waals surface area contributed by atoms with Crippen molar-refractivity contribution in [3.8, 4) is 6.07 Å². The molecule has 68 valence electrons. The first-order valence-electron chi connectivity index (χ1n) is 3.60. The Bertz CT molecular complexity index is 345. The summed E-state index contributed by atoms with van der Waals surface area (Å²) in [5.41, 5.74) is -0.900. The molecule has 1 aromatic rings. The molecule has 0 atom stereocenters. The van der Waals surface area contributed by atoms with E-state index in [0.717, 1.165) is 0 Å². The Morgan fingerprint density at radius 3 is 2.77 bits per heavy atom. The third-order valence-electron chi connectivity index (χ3n) is 1.57. The minimum atomic E-state index is -0.900. The molecule has 0 radical (unpaired) electrons. The summed E-state index contributed by atoms with van der Waals surface area (Å²) in [6.07, 6.45) is 2.67. The first kappa shape index (κ1) is 9.19. The molecular weight excluding hydrogens is 170 g/mol. The molecule has 0 spiro atoms. The number of hydrogen-bond donors (Lipinski definition) is 1. The minimum absolute atomic E-state index is 0.146. The van der Waals surface area contributed by atoms with E-state index in [9.17, 15) is 0 Å². The molecule has 0 saturated heterocycles. The van der Waals surface area contributed by atoms with E-state index in [1.165, 1.54) is 17.3 Å². The number of nitrogens with zero attached hydrogens (tertiary/aromatic N) is 5. The molecule has 0 aliphatic carbocycles. The van der Waals surface area contributed by atoms with Crippen LogP contribution < -0.4 is 0 Å². The molecule has 1 rings (SSSR count). The van der Waals surface area contributed by atoms with Gasteiger partial charge >= 0.3 is 0 Å². The van der Waals surface area contributed by atoms with E-state index in [-0.39, 0.29) is 5.84 Å². The maximum absolute atomic E-state index is 8.79. The number of nitriles is 1. The largest absolute Gasteiger partial charge is 0.409 e. The van der Waals surface area contributed by atoms with Crippen molar-refractivity contribution in [3.63, 3.8) is 0 Å². The standard InChI is InChI=1S/C7H9N5O/c1-7(2,3-8)6(11-13)12-5-9-4-10-12/h4-5,13H,1-2H3. The third-order valence-corrected chi connectivity index (χ3v) is 1.57. The van der Waals surface area contributed by atoms with Crippen LogP contribution in [-0.2, 0) is 0 Å². The summed E-state index contributed by atoms with van der Waals surface area (Å²) >= 11 is 0. The van der Waals surface area contributed by atoms with Gasteiger partial charge < -0.3 is 5.21 Å². The second kappa shape index (κ2) is 3.23. The fourth-order valence-electron chi connectivity index (χ4n) is 0.825. The van der Waals surface area contributed by atoms with Gasteiger partial charge in [-0.05, 0) is 13.8 Å². The zero-order chi connectivity index (χ0) is 9.90. The fourth-order valence-corrected chi connectivity index (χ4v) is 0.825. The minimum Gasteiger partial charge on any atom is -0.409 e. The summed E-state index contributed by atoms with van der Waals surface area (Å²) < 4.78 is 1.25. The van der Waals surface area contributed by atoms with Crippen molar-refractivity contribution in [2.24, 2.45) is 10.6 Å². The van der Waals surface area contributed by atoms with Gasteiger partial charge in [-0.25, -0.2) is 9.67 Å². The van der Waals surface area contributed by atoms with Gasteiger partial charge in [0.25, 0.3) is 0 Å². The molecule has 6 nitrogen and oxygen atoms in total. The Morgan fingerprint density at radius 1 is 1.69 bits per heavy atom. The van der Waals surface area contributed by atoms with Gasteiger partial charge in [0.15, 0.2) is 5.84 Å². The summed E-state index contributed by atoms with van der Waals surface area (Å²) in [7, 11) is 0. The van der Waals surface area contributed by atoms with Gasteiger partial charge in [-0.2, -0.15) is 10.4 Å². The Morgan fingerprint density at radius 2 is 2.38 bits per heavy atom. The fraction of sp³-hybridized carbons (Fsp3) is 0.429. The molecule has 1 heterocycles. The highest BCUT2D eigenvalue weighted by molar-refractivity contribution is 5.90. The van der Waals surface area contributed by atoms with Crippen LogP contribution in [0.25, 0.3) is 0 Å². The Balaban J connectivity index is 3.10. The SMILES string of the molecule is CC(C)(C#N)C(=NO)n1cncn1. The highest BCUT2D eigenvalue weighted by Gasteiger charge is 2.27. The highest BCUT2D eigenvalue weighted by atomic mass is 16.4. The van der Waals surface area contributed by atoms with Crippen LogP contribution in [0.15, 0.2) is 17.8 Å². The van der Waals surface area contributed by atoms with Crippen molar-refractivity contribution in [1.29, 1.82) is 5.26 Å². The predicted molar refractivity (Wildman–Crippen MR) is 44.0 cm³/mol. The lowest BCUT2D eigenvalue weighted by Crippen LogP contribution is -2.29. The average Bonchev–Trinajstić information content (AvgIpc) is 2.58. The molecule has 0 bridgehead atoms. The van der Waals surface area contributed by atoms with Crippen molar-refractivity contribution in [1.82, 2.24) is 14.8 Å². The van der Waals surface area contributed by atoms with E-state index >= 15 is 0 Å². The van der Waals surface area contributed by atoms with Crippen LogP contribution in [0.3, 0.4) is 0 Å². The molecule has 1 aromatic heterocycles. The summed E-state index contributed by atoms with van der Waals surface area (Å²) in [5, 5.41) is 24.3. The van der Waals surface area contributed by atoms with E-state index < -0.39 is 5.41 Å². The molecule has 6 heteroatoms. The van der Waals surface area contributed by atoms with Gasteiger partial charge in [0.2, 0.25) is 0 Å². The van der Waals surface area contributed by atoms with Gasteiger partial charge in [-0.3, -0.25) is 0 Å². The van der Waals surface area contributed by atoms with Crippen LogP contribution in [0, 0.1) is 16.7 Å².